The summed E-state index contributed by atoms with van der Waals surface area (Å²) in [4.78, 5) is 34.3. The molecule has 1 atom stereocenters. The molecular weight excluding hydrogens is 645 g/mol. The zero-order valence-electron chi connectivity index (χ0n) is 27.6. The predicted octanol–water partition coefficient (Wildman–Crippen LogP) is 6.03. The fourth-order valence-corrected chi connectivity index (χ4v) is 7.01. The first kappa shape index (κ1) is 33.0. The van der Waals surface area contributed by atoms with Gasteiger partial charge in [0.15, 0.2) is 16.3 Å². The van der Waals surface area contributed by atoms with E-state index in [4.69, 9.17) is 24.3 Å². The molecule has 0 aliphatic carbocycles. The summed E-state index contributed by atoms with van der Waals surface area (Å²) in [6, 6.07) is 22.6. The van der Waals surface area contributed by atoms with Gasteiger partial charge in [-0.15, -0.1) is 11.8 Å². The Kier molecular flexibility index (Phi) is 9.70. The van der Waals surface area contributed by atoms with Crippen LogP contribution < -0.4 is 24.4 Å². The first-order chi connectivity index (χ1) is 23.2. The van der Waals surface area contributed by atoms with E-state index in [-0.39, 0.29) is 18.1 Å². The average molecular weight is 681 g/mol. The molecule has 0 saturated carbocycles. The fraction of sp³-hybridized carbons (Fsp3) is 0.243. The molecule has 3 heterocycles. The van der Waals surface area contributed by atoms with Crippen molar-refractivity contribution in [3.63, 3.8) is 0 Å². The Morgan fingerprint density at radius 1 is 1.02 bits per heavy atom. The molecule has 0 N–H and O–H groups in total. The smallest absolute Gasteiger partial charge is 0.338 e. The van der Waals surface area contributed by atoms with Crippen molar-refractivity contribution >= 4 is 35.1 Å². The number of allylic oxidation sites excluding steroid dienone is 1. The SMILES string of the molecule is COc1ccc(-c2nn(-c3ccccc3)cc2C=c2sc3n(c2=O)C(c2ccc(SC)cc2)C(C(=O)OCC(C)C)=C(C)N=3)cc1OC. The van der Waals surface area contributed by atoms with Crippen molar-refractivity contribution in [1.82, 2.24) is 14.3 Å². The number of esters is 1. The molecule has 0 saturated heterocycles. The van der Waals surface area contributed by atoms with E-state index in [1.165, 1.54) is 11.3 Å². The van der Waals surface area contributed by atoms with Crippen molar-refractivity contribution < 1.29 is 19.0 Å². The number of aromatic nitrogens is 3. The van der Waals surface area contributed by atoms with E-state index in [9.17, 15) is 9.59 Å². The molecule has 1 unspecified atom stereocenters. The van der Waals surface area contributed by atoms with Crippen LogP contribution in [0, 0.1) is 5.92 Å². The van der Waals surface area contributed by atoms with Crippen molar-refractivity contribution in [2.45, 2.75) is 31.7 Å². The van der Waals surface area contributed by atoms with Crippen LogP contribution in [0.15, 0.2) is 105 Å². The molecule has 2 aromatic heterocycles. The third-order valence-electron chi connectivity index (χ3n) is 7.93. The molecule has 11 heteroatoms. The summed E-state index contributed by atoms with van der Waals surface area (Å²) in [5.41, 5.74) is 4.47. The van der Waals surface area contributed by atoms with Crippen LogP contribution in [0.4, 0.5) is 0 Å². The highest BCUT2D eigenvalue weighted by Gasteiger charge is 2.33. The van der Waals surface area contributed by atoms with Gasteiger partial charge >= 0.3 is 5.97 Å². The normalized spacial score (nSPS) is 14.6. The lowest BCUT2D eigenvalue weighted by atomic mass is 9.96. The van der Waals surface area contributed by atoms with Crippen LogP contribution in [0.25, 0.3) is 23.0 Å². The van der Waals surface area contributed by atoms with Crippen molar-refractivity contribution in [3.05, 3.63) is 121 Å². The number of hydrogen-bond acceptors (Lipinski definition) is 9. The van der Waals surface area contributed by atoms with Crippen LogP contribution in [-0.2, 0) is 9.53 Å². The number of rotatable bonds is 10. The third-order valence-corrected chi connectivity index (χ3v) is 9.65. The summed E-state index contributed by atoms with van der Waals surface area (Å²) in [5, 5.41) is 4.94. The van der Waals surface area contributed by atoms with E-state index in [0.29, 0.717) is 37.8 Å². The number of benzene rings is 3. The Labute approximate surface area is 286 Å². The Morgan fingerprint density at radius 2 is 1.75 bits per heavy atom. The Morgan fingerprint density at radius 3 is 2.42 bits per heavy atom. The number of fused-ring (bicyclic) bond motifs is 1. The summed E-state index contributed by atoms with van der Waals surface area (Å²) in [7, 11) is 3.18. The number of nitrogens with zero attached hydrogens (tertiary/aromatic N) is 4. The van der Waals surface area contributed by atoms with Gasteiger partial charge in [0.25, 0.3) is 5.56 Å². The molecule has 9 nitrogen and oxygen atoms in total. The molecule has 1 aliphatic heterocycles. The van der Waals surface area contributed by atoms with Gasteiger partial charge in [-0.3, -0.25) is 9.36 Å². The maximum Gasteiger partial charge on any atom is 0.338 e. The number of para-hydroxylation sites is 1. The van der Waals surface area contributed by atoms with Gasteiger partial charge in [-0.2, -0.15) is 5.10 Å². The van der Waals surface area contributed by atoms with Crippen LogP contribution in [0.2, 0.25) is 0 Å². The van der Waals surface area contributed by atoms with E-state index in [2.05, 4.69) is 0 Å². The largest absolute Gasteiger partial charge is 0.493 e. The molecule has 1 aliphatic rings. The monoisotopic (exact) mass is 680 g/mol. The average Bonchev–Trinajstić information content (AvgIpc) is 3.66. The topological polar surface area (TPSA) is 96.9 Å². The molecular formula is C37H36N4O5S2. The van der Waals surface area contributed by atoms with Crippen molar-refractivity contribution in [1.29, 1.82) is 0 Å². The molecule has 0 amide bonds. The number of thiazole rings is 1. The lowest BCUT2D eigenvalue weighted by Gasteiger charge is -2.25. The van der Waals surface area contributed by atoms with Gasteiger partial charge in [-0.05, 0) is 73.2 Å². The van der Waals surface area contributed by atoms with Gasteiger partial charge < -0.3 is 14.2 Å². The van der Waals surface area contributed by atoms with Crippen molar-refractivity contribution in [3.8, 4) is 28.4 Å². The summed E-state index contributed by atoms with van der Waals surface area (Å²) in [6.45, 7) is 6.03. The Bertz CT molecular complexity index is 2180. The summed E-state index contributed by atoms with van der Waals surface area (Å²) in [5.74, 6) is 0.849. The number of methoxy groups -OCH3 is 2. The number of carbonyl (C=O) groups is 1. The number of carbonyl (C=O) groups excluding carboxylic acids is 1. The van der Waals surface area contributed by atoms with Gasteiger partial charge in [-0.25, -0.2) is 14.5 Å². The van der Waals surface area contributed by atoms with Gasteiger partial charge in [0.1, 0.15) is 5.69 Å². The first-order valence-corrected chi connectivity index (χ1v) is 17.5. The second-order valence-electron chi connectivity index (χ2n) is 11.6. The predicted molar refractivity (Wildman–Crippen MR) is 190 cm³/mol. The quantitative estimate of drug-likeness (QED) is 0.131. The minimum absolute atomic E-state index is 0.159. The van der Waals surface area contributed by atoms with Crippen LogP contribution in [0.1, 0.15) is 37.9 Å². The molecule has 0 fully saturated rings. The second kappa shape index (κ2) is 14.1. The minimum atomic E-state index is -0.698. The summed E-state index contributed by atoms with van der Waals surface area (Å²) < 4.78 is 20.6. The van der Waals surface area contributed by atoms with Crippen molar-refractivity contribution in [2.24, 2.45) is 10.9 Å². The lowest BCUT2D eigenvalue weighted by molar-refractivity contribution is -0.140. The molecule has 3 aromatic carbocycles. The molecule has 6 rings (SSSR count). The van der Waals surface area contributed by atoms with Gasteiger partial charge in [0.2, 0.25) is 0 Å². The van der Waals surface area contributed by atoms with E-state index in [1.54, 1.807) is 42.2 Å². The maximum atomic E-state index is 14.4. The molecule has 0 bridgehead atoms. The summed E-state index contributed by atoms with van der Waals surface area (Å²) >= 11 is 2.90. The molecule has 48 heavy (non-hydrogen) atoms. The van der Waals surface area contributed by atoms with Crippen LogP contribution in [0.3, 0.4) is 0 Å². The van der Waals surface area contributed by atoms with E-state index in [1.807, 2.05) is 105 Å². The molecule has 0 radical (unpaired) electrons. The van der Waals surface area contributed by atoms with Crippen molar-refractivity contribution in [2.75, 3.05) is 27.1 Å². The third kappa shape index (κ3) is 6.48. The maximum absolute atomic E-state index is 14.4. The molecule has 246 valence electrons. The Hall–Kier alpha value is -4.87. The first-order valence-electron chi connectivity index (χ1n) is 15.4. The van der Waals surface area contributed by atoms with Gasteiger partial charge in [-0.1, -0.05) is 55.5 Å². The zero-order chi connectivity index (χ0) is 33.9. The van der Waals surface area contributed by atoms with Crippen LogP contribution >= 0.6 is 23.1 Å². The number of hydrogen-bond donors (Lipinski definition) is 0. The molecule has 0 spiro atoms. The standard InChI is InChI=1S/C37H36N4O5S2/c1-22(2)21-46-36(43)32-23(3)38-37-41(34(32)24-12-15-28(47-6)16-13-24)35(42)31(48-37)19-26-20-40(27-10-8-7-9-11-27)39-33(26)25-14-17-29(44-4)30(18-25)45-5/h7-20,22,34H,21H2,1-6H3. The van der Waals surface area contributed by atoms with E-state index >= 15 is 0 Å². The van der Waals surface area contributed by atoms with Gasteiger partial charge in [0.05, 0.1) is 48.4 Å². The zero-order valence-corrected chi connectivity index (χ0v) is 29.2. The number of thioether (sulfide) groups is 1. The Balaban J connectivity index is 1.54. The highest BCUT2D eigenvalue weighted by Crippen LogP contribution is 2.34. The van der Waals surface area contributed by atoms with Crippen LogP contribution in [-0.4, -0.2) is 47.4 Å². The second-order valence-corrected chi connectivity index (χ2v) is 13.5. The van der Waals surface area contributed by atoms with E-state index in [0.717, 1.165) is 27.3 Å². The molecule has 5 aromatic rings. The highest BCUT2D eigenvalue weighted by atomic mass is 32.2. The van der Waals surface area contributed by atoms with Gasteiger partial charge in [0, 0.05) is 22.2 Å². The fourth-order valence-electron chi connectivity index (χ4n) is 5.56. The minimum Gasteiger partial charge on any atom is -0.493 e. The summed E-state index contributed by atoms with van der Waals surface area (Å²) in [6.07, 6.45) is 5.75. The van der Waals surface area contributed by atoms with Crippen LogP contribution in [0.5, 0.6) is 11.5 Å². The number of ether oxygens (including phenoxy) is 3. The highest BCUT2D eigenvalue weighted by molar-refractivity contribution is 7.98. The van der Waals surface area contributed by atoms with E-state index < -0.39 is 12.0 Å². The lowest BCUT2D eigenvalue weighted by Crippen LogP contribution is -2.40.